The van der Waals surface area contributed by atoms with Crippen LogP contribution in [0.5, 0.6) is 0 Å². The van der Waals surface area contributed by atoms with Crippen molar-refractivity contribution in [3.63, 3.8) is 0 Å². The first kappa shape index (κ1) is 12.6. The van der Waals surface area contributed by atoms with Gasteiger partial charge in [0, 0.05) is 25.8 Å². The lowest BCUT2D eigenvalue weighted by Crippen LogP contribution is -2.66. The Balaban J connectivity index is 1.41. The Kier molecular flexibility index (Phi) is 2.79. The molecule has 6 nitrogen and oxygen atoms in total. The summed E-state index contributed by atoms with van der Waals surface area (Å²) in [6, 6.07) is 0. The standard InChI is InChI=1S/C14H20N2O4/c17-12(8-16-3-1-2-13(16)18)15-14-7-9-4-10(19-14)6-11(5-9)20-14/h9-11H,1-8H2,(H,15,17). The van der Waals surface area contributed by atoms with E-state index in [1.54, 1.807) is 4.90 Å². The van der Waals surface area contributed by atoms with E-state index in [1.807, 2.05) is 0 Å². The van der Waals surface area contributed by atoms with Crippen LogP contribution in [0.25, 0.3) is 0 Å². The van der Waals surface area contributed by atoms with Gasteiger partial charge in [-0.05, 0) is 25.2 Å². The number of likely N-dealkylation sites (tertiary alicyclic amines) is 1. The van der Waals surface area contributed by atoms with Gasteiger partial charge in [0.05, 0.1) is 18.8 Å². The number of ether oxygens (including phenoxy) is 2. The maximum absolute atomic E-state index is 12.2. The van der Waals surface area contributed by atoms with E-state index in [0.29, 0.717) is 18.9 Å². The van der Waals surface area contributed by atoms with Crippen molar-refractivity contribution in [2.75, 3.05) is 13.1 Å². The van der Waals surface area contributed by atoms with Crippen molar-refractivity contribution < 1.29 is 19.1 Å². The SMILES string of the molecule is O=C(CN1CCCC1=O)NC12CC3CC(CC(C3)O1)O2. The van der Waals surface area contributed by atoms with Gasteiger partial charge in [-0.25, -0.2) is 0 Å². The quantitative estimate of drug-likeness (QED) is 0.811. The number of amides is 2. The lowest BCUT2D eigenvalue weighted by atomic mass is 9.77. The van der Waals surface area contributed by atoms with Crippen molar-refractivity contribution in [2.24, 2.45) is 5.92 Å². The summed E-state index contributed by atoms with van der Waals surface area (Å²) in [7, 11) is 0. The first-order valence-electron chi connectivity index (χ1n) is 7.56. The van der Waals surface area contributed by atoms with Crippen LogP contribution in [0.4, 0.5) is 0 Å². The van der Waals surface area contributed by atoms with E-state index in [1.165, 1.54) is 0 Å². The van der Waals surface area contributed by atoms with Gasteiger partial charge in [0.25, 0.3) is 5.91 Å². The molecule has 4 bridgehead atoms. The minimum Gasteiger partial charge on any atom is -0.333 e. The van der Waals surface area contributed by atoms with Gasteiger partial charge in [-0.2, -0.15) is 0 Å². The molecule has 1 saturated carbocycles. The number of nitrogens with zero attached hydrogens (tertiary/aromatic N) is 1. The van der Waals surface area contributed by atoms with Gasteiger partial charge in [0.2, 0.25) is 11.8 Å². The van der Waals surface area contributed by atoms with E-state index >= 15 is 0 Å². The van der Waals surface area contributed by atoms with Crippen LogP contribution in [0.2, 0.25) is 0 Å². The topological polar surface area (TPSA) is 67.9 Å². The third-order valence-corrected chi connectivity index (χ3v) is 4.83. The van der Waals surface area contributed by atoms with Gasteiger partial charge >= 0.3 is 0 Å². The molecular weight excluding hydrogens is 260 g/mol. The zero-order chi connectivity index (χ0) is 13.7. The van der Waals surface area contributed by atoms with E-state index in [0.717, 1.165) is 32.1 Å². The first-order valence-corrected chi connectivity index (χ1v) is 7.56. The molecule has 2 atom stereocenters. The Hall–Kier alpha value is -1.14. The second kappa shape index (κ2) is 4.43. The maximum Gasteiger partial charge on any atom is 0.252 e. The maximum atomic E-state index is 12.2. The van der Waals surface area contributed by atoms with Crippen molar-refractivity contribution in [1.82, 2.24) is 10.2 Å². The Morgan fingerprint density at radius 2 is 2.05 bits per heavy atom. The molecule has 6 heteroatoms. The molecule has 0 spiro atoms. The Morgan fingerprint density at radius 1 is 1.30 bits per heavy atom. The van der Waals surface area contributed by atoms with Gasteiger partial charge < -0.3 is 19.7 Å². The predicted octanol–water partition coefficient (Wildman–Crippen LogP) is 0.367. The number of rotatable bonds is 3. The highest BCUT2D eigenvalue weighted by molar-refractivity contribution is 5.86. The first-order chi connectivity index (χ1) is 9.62. The summed E-state index contributed by atoms with van der Waals surface area (Å²) in [6.45, 7) is 0.794. The molecule has 20 heavy (non-hydrogen) atoms. The van der Waals surface area contributed by atoms with Crippen molar-refractivity contribution in [2.45, 2.75) is 56.6 Å². The monoisotopic (exact) mass is 280 g/mol. The summed E-state index contributed by atoms with van der Waals surface area (Å²) >= 11 is 0. The molecule has 0 radical (unpaired) electrons. The number of nitrogens with one attached hydrogen (secondary N) is 1. The molecule has 5 aliphatic rings. The van der Waals surface area contributed by atoms with E-state index in [2.05, 4.69) is 5.32 Å². The largest absolute Gasteiger partial charge is 0.333 e. The molecule has 0 aromatic carbocycles. The normalized spacial score (nSPS) is 42.3. The fourth-order valence-electron chi connectivity index (χ4n) is 4.13. The lowest BCUT2D eigenvalue weighted by molar-refractivity contribution is -0.379. The van der Waals surface area contributed by atoms with Gasteiger partial charge in [-0.3, -0.25) is 9.59 Å². The highest BCUT2D eigenvalue weighted by Gasteiger charge is 2.54. The molecule has 5 rings (SSSR count). The zero-order valence-electron chi connectivity index (χ0n) is 11.5. The summed E-state index contributed by atoms with van der Waals surface area (Å²) < 4.78 is 11.8. The molecule has 4 saturated heterocycles. The lowest BCUT2D eigenvalue weighted by Gasteiger charge is -2.55. The van der Waals surface area contributed by atoms with E-state index in [9.17, 15) is 9.59 Å². The number of carbonyl (C=O) groups excluding carboxylic acids is 2. The van der Waals surface area contributed by atoms with Gasteiger partial charge in [-0.15, -0.1) is 0 Å². The molecule has 0 aromatic heterocycles. The minimum atomic E-state index is -0.922. The highest BCUT2D eigenvalue weighted by atomic mass is 16.7. The molecule has 5 fully saturated rings. The van der Waals surface area contributed by atoms with Crippen LogP contribution in [-0.4, -0.2) is 47.9 Å². The smallest absolute Gasteiger partial charge is 0.252 e. The van der Waals surface area contributed by atoms with Crippen LogP contribution in [0.1, 0.15) is 38.5 Å². The van der Waals surface area contributed by atoms with Crippen LogP contribution >= 0.6 is 0 Å². The average Bonchev–Trinajstić information content (AvgIpc) is 2.72. The van der Waals surface area contributed by atoms with Crippen molar-refractivity contribution in [3.05, 3.63) is 0 Å². The van der Waals surface area contributed by atoms with Crippen LogP contribution in [0, 0.1) is 5.92 Å². The van der Waals surface area contributed by atoms with Crippen LogP contribution in [0.15, 0.2) is 0 Å². The number of carbonyl (C=O) groups is 2. The molecule has 4 heterocycles. The molecule has 2 unspecified atom stereocenters. The summed E-state index contributed by atoms with van der Waals surface area (Å²) in [5, 5.41) is 2.89. The number of hydrogen-bond donors (Lipinski definition) is 1. The predicted molar refractivity (Wildman–Crippen MR) is 68.4 cm³/mol. The van der Waals surface area contributed by atoms with E-state index in [4.69, 9.17) is 9.47 Å². The highest BCUT2D eigenvalue weighted by Crippen LogP contribution is 2.47. The minimum absolute atomic E-state index is 0.0625. The summed E-state index contributed by atoms with van der Waals surface area (Å²) in [5.74, 6) is -0.445. The Morgan fingerprint density at radius 3 is 2.65 bits per heavy atom. The Bertz CT molecular complexity index is 415. The van der Waals surface area contributed by atoms with Crippen molar-refractivity contribution in [3.8, 4) is 0 Å². The fourth-order valence-corrected chi connectivity index (χ4v) is 4.13. The average molecular weight is 280 g/mol. The molecule has 4 aliphatic heterocycles. The third kappa shape index (κ3) is 2.11. The molecule has 2 amide bonds. The Labute approximate surface area is 117 Å². The molecule has 1 aliphatic carbocycles. The molecule has 1 N–H and O–H groups in total. The summed E-state index contributed by atoms with van der Waals surface area (Å²) in [6.07, 6.45) is 5.68. The van der Waals surface area contributed by atoms with Crippen LogP contribution < -0.4 is 5.32 Å². The third-order valence-electron chi connectivity index (χ3n) is 4.83. The van der Waals surface area contributed by atoms with E-state index in [-0.39, 0.29) is 30.6 Å². The van der Waals surface area contributed by atoms with Gasteiger partial charge in [0.15, 0.2) is 0 Å². The van der Waals surface area contributed by atoms with E-state index < -0.39 is 5.91 Å². The molecule has 0 aromatic rings. The van der Waals surface area contributed by atoms with Crippen molar-refractivity contribution >= 4 is 11.8 Å². The molecule has 110 valence electrons. The van der Waals surface area contributed by atoms with Crippen LogP contribution in [-0.2, 0) is 19.1 Å². The summed E-state index contributed by atoms with van der Waals surface area (Å²) in [4.78, 5) is 25.3. The molecular formula is C14H20N2O4. The van der Waals surface area contributed by atoms with Gasteiger partial charge in [0.1, 0.15) is 0 Å². The van der Waals surface area contributed by atoms with Crippen LogP contribution in [0.3, 0.4) is 0 Å². The fraction of sp³-hybridized carbons (Fsp3) is 0.857. The van der Waals surface area contributed by atoms with Crippen molar-refractivity contribution in [1.29, 1.82) is 0 Å². The second-order valence-electron chi connectivity index (χ2n) is 6.48. The summed E-state index contributed by atoms with van der Waals surface area (Å²) in [5.41, 5.74) is 0. The zero-order valence-corrected chi connectivity index (χ0v) is 11.5. The number of hydrogen-bond acceptors (Lipinski definition) is 4. The second-order valence-corrected chi connectivity index (χ2v) is 6.48. The van der Waals surface area contributed by atoms with Gasteiger partial charge in [-0.1, -0.05) is 0 Å².